The molecular weight excluding hydrogens is 579 g/mol. The van der Waals surface area contributed by atoms with Crippen LogP contribution in [-0.4, -0.2) is 54.8 Å². The molecular formula is C34H52N2O7P. The van der Waals surface area contributed by atoms with Crippen molar-refractivity contribution in [3.05, 3.63) is 72.7 Å². The van der Waals surface area contributed by atoms with Crippen molar-refractivity contribution in [1.29, 1.82) is 0 Å². The van der Waals surface area contributed by atoms with Gasteiger partial charge < -0.3 is 28.5 Å². The van der Waals surface area contributed by atoms with Gasteiger partial charge in [-0.2, -0.15) is 0 Å². The topological polar surface area (TPSA) is 89.9 Å². The van der Waals surface area contributed by atoms with Crippen LogP contribution in [0.25, 0.3) is 0 Å². The maximum atomic E-state index is 12.6. The molecule has 2 aromatic carbocycles. The molecule has 10 heteroatoms. The number of phosphoric ester groups is 1. The maximum Gasteiger partial charge on any atom is 0.527 e. The van der Waals surface area contributed by atoms with Gasteiger partial charge in [-0.15, -0.1) is 0 Å². The maximum absolute atomic E-state index is 12.6. The molecule has 3 rings (SSSR count). The van der Waals surface area contributed by atoms with E-state index in [2.05, 4.69) is 6.92 Å². The average molecular weight is 632 g/mol. The number of hydrogen-bond acceptors (Lipinski definition) is 8. The molecule has 1 aliphatic rings. The van der Waals surface area contributed by atoms with Crippen LogP contribution in [0.4, 0.5) is 0 Å². The molecule has 0 aromatic heterocycles. The lowest BCUT2D eigenvalue weighted by Gasteiger charge is -2.20. The first-order valence-corrected chi connectivity index (χ1v) is 17.4. The minimum absolute atomic E-state index is 0.130. The van der Waals surface area contributed by atoms with Gasteiger partial charge in [0.1, 0.15) is 36.6 Å². The highest BCUT2D eigenvalue weighted by molar-refractivity contribution is 7.47. The van der Waals surface area contributed by atoms with Gasteiger partial charge in [0.05, 0.1) is 13.2 Å². The molecule has 0 fully saturated rings. The highest BCUT2D eigenvalue weighted by Gasteiger charge is 2.26. The van der Waals surface area contributed by atoms with Crippen LogP contribution < -0.4 is 14.0 Å². The number of hydrogen-bond donors (Lipinski definition) is 1. The van der Waals surface area contributed by atoms with Crippen LogP contribution in [-0.2, 0) is 20.4 Å². The number of nitrogens with zero attached hydrogens (tertiary/aromatic N) is 2. The van der Waals surface area contributed by atoms with E-state index in [1.54, 1.807) is 12.1 Å². The van der Waals surface area contributed by atoms with Crippen LogP contribution in [0.15, 0.2) is 54.9 Å². The van der Waals surface area contributed by atoms with Gasteiger partial charge in [0.25, 0.3) is 0 Å². The molecule has 2 aromatic rings. The molecule has 1 N–H and O–H groups in total. The molecule has 0 bridgehead atoms. The minimum Gasteiger partial charge on any atom is -0.493 e. The van der Waals surface area contributed by atoms with E-state index in [0.717, 1.165) is 23.3 Å². The highest BCUT2D eigenvalue weighted by Crippen LogP contribution is 2.44. The van der Waals surface area contributed by atoms with Crippen molar-refractivity contribution in [1.82, 2.24) is 9.80 Å². The lowest BCUT2D eigenvalue weighted by molar-refractivity contribution is 0.0159. The third-order valence-electron chi connectivity index (χ3n) is 7.50. The molecule has 245 valence electrons. The summed E-state index contributed by atoms with van der Waals surface area (Å²) in [6, 6.07) is 12.7. The second-order valence-corrected chi connectivity index (χ2v) is 12.7. The van der Waals surface area contributed by atoms with E-state index in [4.69, 9.17) is 23.3 Å². The van der Waals surface area contributed by atoms with E-state index in [1.165, 1.54) is 64.9 Å². The van der Waals surface area contributed by atoms with Crippen LogP contribution in [0.5, 0.6) is 17.2 Å². The van der Waals surface area contributed by atoms with Crippen LogP contribution in [0.1, 0.15) is 82.3 Å². The highest BCUT2D eigenvalue weighted by atomic mass is 31.2. The van der Waals surface area contributed by atoms with Gasteiger partial charge in [0.15, 0.2) is 0 Å². The monoisotopic (exact) mass is 631 g/mol. The zero-order valence-electron chi connectivity index (χ0n) is 27.0. The van der Waals surface area contributed by atoms with E-state index in [0.29, 0.717) is 18.9 Å². The molecule has 0 aliphatic carbocycles. The first-order chi connectivity index (χ1) is 21.3. The summed E-state index contributed by atoms with van der Waals surface area (Å²) in [5, 5.41) is 0. The van der Waals surface area contributed by atoms with Gasteiger partial charge in [0.2, 0.25) is 0 Å². The number of phosphoric acid groups is 1. The molecule has 0 saturated carbocycles. The Balaban J connectivity index is 1.34. The molecule has 1 radical (unpaired) electrons. The van der Waals surface area contributed by atoms with Crippen LogP contribution in [0, 0.1) is 13.6 Å². The van der Waals surface area contributed by atoms with Crippen LogP contribution in [0.3, 0.4) is 0 Å². The SMILES string of the molecule is CCCCCCCCCCCCOc1cccc(OCC(COP(=O)(O)Oc2ccc(CN3[CH]N(C)C=C3)cc2)OC)c1C. The summed E-state index contributed by atoms with van der Waals surface area (Å²) in [4.78, 5) is 14.3. The van der Waals surface area contributed by atoms with E-state index in [9.17, 15) is 9.46 Å². The van der Waals surface area contributed by atoms with Crippen LogP contribution >= 0.6 is 7.82 Å². The Labute approximate surface area is 264 Å². The minimum atomic E-state index is -4.37. The van der Waals surface area contributed by atoms with Crippen molar-refractivity contribution in [2.75, 3.05) is 34.0 Å². The molecule has 1 heterocycles. The van der Waals surface area contributed by atoms with Crippen molar-refractivity contribution in [3.63, 3.8) is 0 Å². The molecule has 0 saturated heterocycles. The quantitative estimate of drug-likeness (QED) is 0.0962. The molecule has 2 unspecified atom stereocenters. The standard InChI is InChI=1S/C34H52N2O7P/c1-5-6-7-8-9-10-11-12-13-14-24-40-33-16-15-17-34(29(33)2)41-26-32(39-4)27-42-44(37,38)43-31-20-18-30(19-21-31)25-36-23-22-35(3)28-36/h15-23,28,32H,5-14,24-27H2,1-4H3,(H,37,38). The normalized spacial score (nSPS) is 14.9. The Kier molecular flexibility index (Phi) is 16.0. The molecule has 2 atom stereocenters. The number of methoxy groups -OCH3 is 1. The van der Waals surface area contributed by atoms with Gasteiger partial charge in [-0.1, -0.05) is 82.9 Å². The van der Waals surface area contributed by atoms with E-state index in [-0.39, 0.29) is 19.0 Å². The summed E-state index contributed by atoms with van der Waals surface area (Å²) in [6.07, 6.45) is 16.2. The van der Waals surface area contributed by atoms with Crippen molar-refractivity contribution in [2.45, 2.75) is 90.7 Å². The van der Waals surface area contributed by atoms with Gasteiger partial charge in [-0.25, -0.2) is 4.57 Å². The Hall–Kier alpha value is -2.71. The smallest absolute Gasteiger partial charge is 0.493 e. The molecule has 9 nitrogen and oxygen atoms in total. The van der Waals surface area contributed by atoms with Crippen molar-refractivity contribution < 1.29 is 32.7 Å². The lowest BCUT2D eigenvalue weighted by atomic mass is 10.1. The zero-order chi connectivity index (χ0) is 31.6. The first kappa shape index (κ1) is 35.8. The largest absolute Gasteiger partial charge is 0.527 e. The van der Waals surface area contributed by atoms with E-state index >= 15 is 0 Å². The predicted octanol–water partition coefficient (Wildman–Crippen LogP) is 8.22. The van der Waals surface area contributed by atoms with Gasteiger partial charge in [-0.3, -0.25) is 9.42 Å². The number of unbranched alkanes of at least 4 members (excludes halogenated alkanes) is 9. The summed E-state index contributed by atoms with van der Waals surface area (Å²) in [5.41, 5.74) is 1.93. The Bertz CT molecular complexity index is 1160. The first-order valence-electron chi connectivity index (χ1n) is 15.9. The number of benzene rings is 2. The van der Waals surface area contributed by atoms with Crippen LogP contribution in [0.2, 0.25) is 0 Å². The fraction of sp³-hybridized carbons (Fsp3) is 0.559. The average Bonchev–Trinajstić information content (AvgIpc) is 3.42. The van der Waals surface area contributed by atoms with Gasteiger partial charge in [0, 0.05) is 38.7 Å². The van der Waals surface area contributed by atoms with E-state index in [1.807, 2.05) is 73.2 Å². The van der Waals surface area contributed by atoms with Crippen molar-refractivity contribution in [2.24, 2.45) is 0 Å². The number of ether oxygens (including phenoxy) is 3. The summed E-state index contributed by atoms with van der Waals surface area (Å²) < 4.78 is 40.5. The molecule has 0 amide bonds. The molecule has 0 spiro atoms. The zero-order valence-corrected chi connectivity index (χ0v) is 27.9. The summed E-state index contributed by atoms with van der Waals surface area (Å²) in [7, 11) is -0.906. The third-order valence-corrected chi connectivity index (χ3v) is 8.42. The predicted molar refractivity (Wildman–Crippen MR) is 174 cm³/mol. The van der Waals surface area contributed by atoms with Gasteiger partial charge in [-0.05, 0) is 43.2 Å². The molecule has 44 heavy (non-hydrogen) atoms. The molecule has 1 aliphatic heterocycles. The summed E-state index contributed by atoms with van der Waals surface area (Å²) in [5.74, 6) is 1.71. The van der Waals surface area contributed by atoms with Crippen molar-refractivity contribution >= 4 is 7.82 Å². The second kappa shape index (κ2) is 19.6. The fourth-order valence-electron chi connectivity index (χ4n) is 4.84. The summed E-state index contributed by atoms with van der Waals surface area (Å²) >= 11 is 0. The van der Waals surface area contributed by atoms with Crippen molar-refractivity contribution in [3.8, 4) is 17.2 Å². The second-order valence-electron chi connectivity index (χ2n) is 11.3. The van der Waals surface area contributed by atoms with E-state index < -0.39 is 13.9 Å². The Morgan fingerprint density at radius 1 is 0.841 bits per heavy atom. The Morgan fingerprint density at radius 3 is 2.09 bits per heavy atom. The fourth-order valence-corrected chi connectivity index (χ4v) is 5.64. The number of rotatable bonds is 23. The Morgan fingerprint density at radius 2 is 1.48 bits per heavy atom. The lowest BCUT2D eigenvalue weighted by Crippen LogP contribution is -2.26. The third kappa shape index (κ3) is 13.5. The van der Waals surface area contributed by atoms with Gasteiger partial charge >= 0.3 is 7.82 Å². The summed E-state index contributed by atoms with van der Waals surface area (Å²) in [6.45, 7) is 7.49.